The smallest absolute Gasteiger partial charge is 0.412 e. The molecule has 8 nitrogen and oxygen atoms in total. The highest BCUT2D eigenvalue weighted by atomic mass is 32.1. The number of carbonyl (C=O) groups excluding carboxylic acids is 1. The normalized spacial score (nSPS) is 24.5. The molecular formula is C22H22N4O4S. The SMILES string of the molecule is Cc1ccc(NC(=O)OC2COC3C(Nc4nccc(-c5cccs5)n4)COC23)cc1. The number of hydrogen-bond acceptors (Lipinski definition) is 8. The lowest BCUT2D eigenvalue weighted by molar-refractivity contribution is 0.00917. The van der Waals surface area contributed by atoms with Gasteiger partial charge in [-0.2, -0.15) is 0 Å². The van der Waals surface area contributed by atoms with Gasteiger partial charge in [-0.05, 0) is 36.6 Å². The number of nitrogens with one attached hydrogen (secondary N) is 2. The predicted octanol–water partition coefficient (Wildman–Crippen LogP) is 3.71. The molecule has 0 aliphatic carbocycles. The topological polar surface area (TPSA) is 94.6 Å². The quantitative estimate of drug-likeness (QED) is 0.627. The Bertz CT molecular complexity index is 1040. The molecule has 0 bridgehead atoms. The van der Waals surface area contributed by atoms with Gasteiger partial charge in [0.15, 0.2) is 6.10 Å². The number of aryl methyl sites for hydroxylation is 1. The van der Waals surface area contributed by atoms with E-state index in [2.05, 4.69) is 20.6 Å². The predicted molar refractivity (Wildman–Crippen MR) is 117 cm³/mol. The minimum Gasteiger partial charge on any atom is -0.441 e. The van der Waals surface area contributed by atoms with Crippen LogP contribution in [-0.2, 0) is 14.2 Å². The fourth-order valence-corrected chi connectivity index (χ4v) is 4.46. The molecule has 9 heteroatoms. The van der Waals surface area contributed by atoms with Gasteiger partial charge in [-0.1, -0.05) is 23.8 Å². The lowest BCUT2D eigenvalue weighted by Crippen LogP contribution is -2.38. The highest BCUT2D eigenvalue weighted by molar-refractivity contribution is 7.13. The molecule has 2 N–H and O–H groups in total. The third-order valence-corrected chi connectivity index (χ3v) is 6.20. The number of nitrogens with zero attached hydrogens (tertiary/aromatic N) is 2. The first-order chi connectivity index (χ1) is 15.2. The number of amides is 1. The van der Waals surface area contributed by atoms with E-state index in [1.165, 1.54) is 0 Å². The highest BCUT2D eigenvalue weighted by Gasteiger charge is 2.49. The molecule has 2 fully saturated rings. The van der Waals surface area contributed by atoms with E-state index in [-0.39, 0.29) is 24.9 Å². The zero-order chi connectivity index (χ0) is 21.2. The van der Waals surface area contributed by atoms with Crippen molar-refractivity contribution in [3.05, 3.63) is 59.6 Å². The molecule has 5 rings (SSSR count). The van der Waals surface area contributed by atoms with Gasteiger partial charge in [0.2, 0.25) is 5.95 Å². The fraction of sp³-hybridized carbons (Fsp3) is 0.318. The largest absolute Gasteiger partial charge is 0.441 e. The van der Waals surface area contributed by atoms with Crippen molar-refractivity contribution in [2.24, 2.45) is 0 Å². The van der Waals surface area contributed by atoms with Crippen LogP contribution in [0.15, 0.2) is 54.0 Å². The Morgan fingerprint density at radius 3 is 2.77 bits per heavy atom. The van der Waals surface area contributed by atoms with E-state index in [9.17, 15) is 4.79 Å². The molecule has 2 aliphatic rings. The third kappa shape index (κ3) is 4.39. The van der Waals surface area contributed by atoms with E-state index in [4.69, 9.17) is 14.2 Å². The van der Waals surface area contributed by atoms with Gasteiger partial charge in [-0.25, -0.2) is 14.8 Å². The van der Waals surface area contributed by atoms with Crippen LogP contribution in [0, 0.1) is 6.92 Å². The molecular weight excluding hydrogens is 416 g/mol. The van der Waals surface area contributed by atoms with Gasteiger partial charge in [0.25, 0.3) is 0 Å². The van der Waals surface area contributed by atoms with E-state index < -0.39 is 12.2 Å². The van der Waals surface area contributed by atoms with Gasteiger partial charge in [-0.3, -0.25) is 5.32 Å². The van der Waals surface area contributed by atoms with Crippen LogP contribution >= 0.6 is 11.3 Å². The molecule has 2 aliphatic heterocycles. The first-order valence-corrected chi connectivity index (χ1v) is 10.9. The van der Waals surface area contributed by atoms with E-state index in [1.54, 1.807) is 17.5 Å². The van der Waals surface area contributed by atoms with Gasteiger partial charge in [0.1, 0.15) is 12.2 Å². The summed E-state index contributed by atoms with van der Waals surface area (Å²) in [6.07, 6.45) is 0.160. The van der Waals surface area contributed by atoms with Gasteiger partial charge in [-0.15, -0.1) is 11.3 Å². The Morgan fingerprint density at radius 2 is 1.97 bits per heavy atom. The minimum absolute atomic E-state index is 0.127. The Labute approximate surface area is 183 Å². The number of hydrogen-bond donors (Lipinski definition) is 2. The summed E-state index contributed by atoms with van der Waals surface area (Å²) < 4.78 is 17.4. The molecule has 3 aromatic rings. The third-order valence-electron chi connectivity index (χ3n) is 5.31. The van der Waals surface area contributed by atoms with Gasteiger partial charge < -0.3 is 19.5 Å². The van der Waals surface area contributed by atoms with E-state index >= 15 is 0 Å². The molecule has 0 radical (unpaired) electrons. The second-order valence-electron chi connectivity index (χ2n) is 7.52. The number of rotatable bonds is 5. The molecule has 31 heavy (non-hydrogen) atoms. The van der Waals surface area contributed by atoms with Crippen molar-refractivity contribution in [3.63, 3.8) is 0 Å². The molecule has 4 heterocycles. The first kappa shape index (κ1) is 19.9. The first-order valence-electron chi connectivity index (χ1n) is 10.1. The van der Waals surface area contributed by atoms with Crippen LogP contribution in [-0.4, -0.2) is 53.6 Å². The summed E-state index contributed by atoms with van der Waals surface area (Å²) in [7, 11) is 0. The Kier molecular flexibility index (Phi) is 5.54. The number of carbonyl (C=O) groups is 1. The highest BCUT2D eigenvalue weighted by Crippen LogP contribution is 2.31. The van der Waals surface area contributed by atoms with Crippen molar-refractivity contribution in [2.45, 2.75) is 31.3 Å². The van der Waals surface area contributed by atoms with Crippen LogP contribution in [0.5, 0.6) is 0 Å². The van der Waals surface area contributed by atoms with Crippen molar-refractivity contribution in [3.8, 4) is 10.6 Å². The average Bonchev–Trinajstić information content (AvgIpc) is 3.51. The van der Waals surface area contributed by atoms with Gasteiger partial charge in [0.05, 0.1) is 29.8 Å². The van der Waals surface area contributed by atoms with Gasteiger partial charge in [0, 0.05) is 11.9 Å². The zero-order valence-corrected chi connectivity index (χ0v) is 17.7. The summed E-state index contributed by atoms with van der Waals surface area (Å²) in [5.41, 5.74) is 2.67. The Hall–Kier alpha value is -3.01. The lowest BCUT2D eigenvalue weighted by Gasteiger charge is -2.18. The van der Waals surface area contributed by atoms with Crippen molar-refractivity contribution in [1.82, 2.24) is 9.97 Å². The maximum atomic E-state index is 12.3. The summed E-state index contributed by atoms with van der Waals surface area (Å²) in [4.78, 5) is 22.3. The maximum absolute atomic E-state index is 12.3. The second kappa shape index (κ2) is 8.62. The lowest BCUT2D eigenvalue weighted by atomic mass is 10.1. The van der Waals surface area contributed by atoms with Crippen molar-refractivity contribution >= 4 is 29.1 Å². The number of fused-ring (bicyclic) bond motifs is 1. The van der Waals surface area contributed by atoms with Gasteiger partial charge >= 0.3 is 6.09 Å². The molecule has 0 saturated carbocycles. The molecule has 4 unspecified atom stereocenters. The average molecular weight is 439 g/mol. The fourth-order valence-electron chi connectivity index (χ4n) is 3.77. The molecule has 2 saturated heterocycles. The second-order valence-corrected chi connectivity index (χ2v) is 8.47. The summed E-state index contributed by atoms with van der Waals surface area (Å²) >= 11 is 1.63. The Morgan fingerprint density at radius 1 is 1.13 bits per heavy atom. The van der Waals surface area contributed by atoms with Crippen LogP contribution in [0.4, 0.5) is 16.4 Å². The number of aromatic nitrogens is 2. The number of thiophene rings is 1. The standard InChI is InChI=1S/C22H22N4O4S/c1-13-4-6-14(7-5-13)24-22(27)30-17-12-29-19-16(11-28-20(17)19)26-21-23-9-8-15(25-21)18-3-2-10-31-18/h2-10,16-17,19-20H,11-12H2,1H3,(H,24,27)(H,23,25,26). The Balaban J connectivity index is 1.19. The van der Waals surface area contributed by atoms with Crippen molar-refractivity contribution in [1.29, 1.82) is 0 Å². The number of benzene rings is 1. The minimum atomic E-state index is -0.523. The number of anilines is 2. The van der Waals surface area contributed by atoms with E-state index in [0.717, 1.165) is 16.1 Å². The van der Waals surface area contributed by atoms with Crippen molar-refractivity contribution in [2.75, 3.05) is 23.8 Å². The monoisotopic (exact) mass is 438 g/mol. The van der Waals surface area contributed by atoms with Crippen LogP contribution < -0.4 is 10.6 Å². The molecule has 0 spiro atoms. The van der Waals surface area contributed by atoms with E-state index in [0.29, 0.717) is 18.2 Å². The summed E-state index contributed by atoms with van der Waals surface area (Å²) in [5, 5.41) is 8.06. The van der Waals surface area contributed by atoms with Crippen LogP contribution in [0.25, 0.3) is 10.6 Å². The summed E-state index contributed by atoms with van der Waals surface area (Å²) in [6.45, 7) is 2.69. The van der Waals surface area contributed by atoms with Crippen LogP contribution in [0.3, 0.4) is 0 Å². The summed E-state index contributed by atoms with van der Waals surface area (Å²) in [6, 6.07) is 13.3. The molecule has 1 aromatic carbocycles. The maximum Gasteiger partial charge on any atom is 0.412 e. The van der Waals surface area contributed by atoms with Crippen molar-refractivity contribution < 1.29 is 19.0 Å². The molecule has 2 aromatic heterocycles. The molecule has 1 amide bonds. The van der Waals surface area contributed by atoms with Crippen LogP contribution in [0.1, 0.15) is 5.56 Å². The molecule has 160 valence electrons. The van der Waals surface area contributed by atoms with E-state index in [1.807, 2.05) is 54.8 Å². The molecule has 4 atom stereocenters. The number of ether oxygens (including phenoxy) is 3. The zero-order valence-electron chi connectivity index (χ0n) is 16.9. The van der Waals surface area contributed by atoms with Crippen LogP contribution in [0.2, 0.25) is 0 Å². The summed E-state index contributed by atoms with van der Waals surface area (Å²) in [5.74, 6) is 0.519.